The van der Waals surface area contributed by atoms with Gasteiger partial charge in [0.1, 0.15) is 6.61 Å². The normalized spacial score (nSPS) is 16.2. The summed E-state index contributed by atoms with van der Waals surface area (Å²) < 4.78 is 0. The van der Waals surface area contributed by atoms with Crippen LogP contribution in [0.15, 0.2) is 24.3 Å². The lowest BCUT2D eigenvalue weighted by Crippen LogP contribution is -2.35. The van der Waals surface area contributed by atoms with Gasteiger partial charge in [0.2, 0.25) is 0 Å². The van der Waals surface area contributed by atoms with E-state index in [0.717, 1.165) is 12.8 Å². The van der Waals surface area contributed by atoms with Crippen molar-refractivity contribution in [1.82, 2.24) is 5.32 Å². The highest BCUT2D eigenvalue weighted by Crippen LogP contribution is 2.18. The first-order chi connectivity index (χ1) is 10.3. The quantitative estimate of drug-likeness (QED) is 0.821. The van der Waals surface area contributed by atoms with E-state index >= 15 is 0 Å². The Labute approximate surface area is 126 Å². The highest BCUT2D eigenvalue weighted by Gasteiger charge is 2.16. The summed E-state index contributed by atoms with van der Waals surface area (Å²) in [7, 11) is 0. The van der Waals surface area contributed by atoms with Gasteiger partial charge in [0.05, 0.1) is 5.56 Å². The molecule has 1 saturated carbocycles. The third-order valence-corrected chi connectivity index (χ3v) is 3.91. The Morgan fingerprint density at radius 2 is 1.81 bits per heavy atom. The molecule has 21 heavy (non-hydrogen) atoms. The number of hydrogen-bond acceptors (Lipinski definition) is 2. The molecule has 0 aliphatic heterocycles. The van der Waals surface area contributed by atoms with E-state index in [1.807, 2.05) is 18.2 Å². The average Bonchev–Trinajstić information content (AvgIpc) is 2.48. The summed E-state index contributed by atoms with van der Waals surface area (Å²) in [6, 6.07) is 7.58. The predicted molar refractivity (Wildman–Crippen MR) is 84.0 cm³/mol. The number of rotatable bonds is 2. The third kappa shape index (κ3) is 4.91. The highest BCUT2D eigenvalue weighted by molar-refractivity contribution is 5.96. The molecular formula is C18H23NO2. The Bertz CT molecular complexity index is 520. The summed E-state index contributed by atoms with van der Waals surface area (Å²) in [6.07, 6.45) is 8.37. The second-order valence-electron chi connectivity index (χ2n) is 5.52. The van der Waals surface area contributed by atoms with Crippen LogP contribution in [0.5, 0.6) is 0 Å². The molecule has 1 amide bonds. The fraction of sp³-hybridized carbons (Fsp3) is 0.500. The standard InChI is InChI=1S/C18H23NO2/c20-14-8-10-15-9-6-7-13-17(15)18(21)19-16-11-4-2-1-3-5-12-16/h6-7,9,13,16,20H,1-5,11-12,14H2,(H,19,21). The average molecular weight is 285 g/mol. The van der Waals surface area contributed by atoms with Crippen LogP contribution in [0.1, 0.15) is 60.9 Å². The topological polar surface area (TPSA) is 49.3 Å². The molecule has 3 heteroatoms. The van der Waals surface area contributed by atoms with E-state index < -0.39 is 0 Å². The lowest BCUT2D eigenvalue weighted by molar-refractivity contribution is 0.0930. The van der Waals surface area contributed by atoms with Crippen LogP contribution in [0.25, 0.3) is 0 Å². The first-order valence-corrected chi connectivity index (χ1v) is 7.81. The van der Waals surface area contributed by atoms with Gasteiger partial charge in [-0.25, -0.2) is 0 Å². The van der Waals surface area contributed by atoms with Crippen LogP contribution in [0.4, 0.5) is 0 Å². The zero-order chi connectivity index (χ0) is 14.9. The van der Waals surface area contributed by atoms with E-state index in [-0.39, 0.29) is 18.6 Å². The van der Waals surface area contributed by atoms with Crippen molar-refractivity contribution in [1.29, 1.82) is 0 Å². The van der Waals surface area contributed by atoms with Gasteiger partial charge in [0.15, 0.2) is 0 Å². The summed E-state index contributed by atoms with van der Waals surface area (Å²) >= 11 is 0. The second kappa shape index (κ2) is 8.49. The monoisotopic (exact) mass is 285 g/mol. The summed E-state index contributed by atoms with van der Waals surface area (Å²) in [5.74, 6) is 5.40. The molecule has 0 saturated heterocycles. The molecule has 3 nitrogen and oxygen atoms in total. The molecule has 1 aromatic rings. The Morgan fingerprint density at radius 1 is 1.14 bits per heavy atom. The van der Waals surface area contributed by atoms with Crippen LogP contribution >= 0.6 is 0 Å². The molecule has 0 unspecified atom stereocenters. The molecule has 1 aliphatic carbocycles. The van der Waals surface area contributed by atoms with Crippen molar-refractivity contribution in [3.63, 3.8) is 0 Å². The number of aliphatic hydroxyl groups is 1. The third-order valence-electron chi connectivity index (χ3n) is 3.91. The van der Waals surface area contributed by atoms with E-state index in [0.29, 0.717) is 11.1 Å². The Morgan fingerprint density at radius 3 is 2.52 bits per heavy atom. The minimum absolute atomic E-state index is 0.0524. The van der Waals surface area contributed by atoms with Crippen LogP contribution in [-0.2, 0) is 0 Å². The van der Waals surface area contributed by atoms with E-state index in [1.165, 1.54) is 32.1 Å². The van der Waals surface area contributed by atoms with Crippen LogP contribution in [-0.4, -0.2) is 23.7 Å². The zero-order valence-electron chi connectivity index (χ0n) is 12.4. The molecule has 1 aromatic carbocycles. The number of benzene rings is 1. The van der Waals surface area contributed by atoms with Crippen LogP contribution in [0.2, 0.25) is 0 Å². The van der Waals surface area contributed by atoms with Gasteiger partial charge in [0, 0.05) is 11.6 Å². The molecule has 2 rings (SSSR count). The summed E-state index contributed by atoms with van der Waals surface area (Å²) in [4.78, 5) is 12.5. The summed E-state index contributed by atoms with van der Waals surface area (Å²) in [6.45, 7) is -0.196. The van der Waals surface area contributed by atoms with E-state index in [9.17, 15) is 4.79 Å². The molecular weight excluding hydrogens is 262 g/mol. The second-order valence-corrected chi connectivity index (χ2v) is 5.52. The molecule has 0 heterocycles. The van der Waals surface area contributed by atoms with Crippen molar-refractivity contribution in [3.05, 3.63) is 35.4 Å². The lowest BCUT2D eigenvalue weighted by atomic mass is 9.96. The van der Waals surface area contributed by atoms with Crippen LogP contribution < -0.4 is 5.32 Å². The number of nitrogens with one attached hydrogen (secondary N) is 1. The van der Waals surface area contributed by atoms with Gasteiger partial charge in [-0.1, -0.05) is 56.1 Å². The van der Waals surface area contributed by atoms with E-state index in [1.54, 1.807) is 6.07 Å². The van der Waals surface area contributed by atoms with Crippen molar-refractivity contribution < 1.29 is 9.90 Å². The number of hydrogen-bond donors (Lipinski definition) is 2. The molecule has 0 radical (unpaired) electrons. The fourth-order valence-electron chi connectivity index (χ4n) is 2.79. The SMILES string of the molecule is O=C(NC1CCCCCCC1)c1ccccc1C#CCO. The van der Waals surface area contributed by atoms with Crippen molar-refractivity contribution in [2.75, 3.05) is 6.61 Å². The Balaban J connectivity index is 2.05. The van der Waals surface area contributed by atoms with Crippen molar-refractivity contribution in [3.8, 4) is 11.8 Å². The van der Waals surface area contributed by atoms with E-state index in [2.05, 4.69) is 17.2 Å². The van der Waals surface area contributed by atoms with Crippen molar-refractivity contribution in [2.24, 2.45) is 0 Å². The molecule has 0 bridgehead atoms. The highest BCUT2D eigenvalue weighted by atomic mass is 16.2. The van der Waals surface area contributed by atoms with Gasteiger partial charge in [-0.2, -0.15) is 0 Å². The Kier molecular flexibility index (Phi) is 6.30. The first-order valence-electron chi connectivity index (χ1n) is 7.81. The smallest absolute Gasteiger partial charge is 0.252 e. The summed E-state index contributed by atoms with van der Waals surface area (Å²) in [5, 5.41) is 12.0. The molecule has 112 valence electrons. The molecule has 0 atom stereocenters. The van der Waals surface area contributed by atoms with Crippen LogP contribution in [0, 0.1) is 11.8 Å². The molecule has 2 N–H and O–H groups in total. The molecule has 1 fully saturated rings. The largest absolute Gasteiger partial charge is 0.384 e. The number of carbonyl (C=O) groups is 1. The maximum atomic E-state index is 12.5. The van der Waals surface area contributed by atoms with Gasteiger partial charge in [-0.15, -0.1) is 0 Å². The number of amides is 1. The number of carbonyl (C=O) groups excluding carboxylic acids is 1. The maximum absolute atomic E-state index is 12.5. The maximum Gasteiger partial charge on any atom is 0.252 e. The molecule has 0 aromatic heterocycles. The number of aliphatic hydroxyl groups excluding tert-OH is 1. The summed E-state index contributed by atoms with van der Waals surface area (Å²) in [5.41, 5.74) is 1.27. The van der Waals surface area contributed by atoms with Gasteiger partial charge in [-0.3, -0.25) is 4.79 Å². The van der Waals surface area contributed by atoms with Crippen molar-refractivity contribution in [2.45, 2.75) is 51.0 Å². The lowest BCUT2D eigenvalue weighted by Gasteiger charge is -2.21. The van der Waals surface area contributed by atoms with Gasteiger partial charge in [0.25, 0.3) is 5.91 Å². The minimum atomic E-state index is -0.196. The Hall–Kier alpha value is -1.79. The van der Waals surface area contributed by atoms with Crippen molar-refractivity contribution >= 4 is 5.91 Å². The first kappa shape index (κ1) is 15.6. The van der Waals surface area contributed by atoms with Gasteiger partial charge < -0.3 is 10.4 Å². The molecule has 0 spiro atoms. The van der Waals surface area contributed by atoms with Gasteiger partial charge in [-0.05, 0) is 25.0 Å². The fourth-order valence-corrected chi connectivity index (χ4v) is 2.79. The van der Waals surface area contributed by atoms with Gasteiger partial charge >= 0.3 is 0 Å². The predicted octanol–water partition coefficient (Wildman–Crippen LogP) is 2.87. The van der Waals surface area contributed by atoms with E-state index in [4.69, 9.17) is 5.11 Å². The van der Waals surface area contributed by atoms with Crippen LogP contribution in [0.3, 0.4) is 0 Å². The molecule has 1 aliphatic rings. The zero-order valence-corrected chi connectivity index (χ0v) is 12.4. The minimum Gasteiger partial charge on any atom is -0.384 e.